The Morgan fingerprint density at radius 2 is 1.84 bits per heavy atom. The number of anilines is 2. The van der Waals surface area contributed by atoms with E-state index in [4.69, 9.17) is 16.6 Å². The second kappa shape index (κ2) is 5.63. The van der Waals surface area contributed by atoms with Gasteiger partial charge in [-0.1, -0.05) is 45.0 Å². The Hall–Kier alpha value is -2.27. The summed E-state index contributed by atoms with van der Waals surface area (Å²) in [6.45, 7) is 7.49. The molecular weight excluding hydrogens is 328 g/mol. The van der Waals surface area contributed by atoms with Crippen LogP contribution < -0.4 is 11.5 Å². The van der Waals surface area contributed by atoms with Crippen LogP contribution in [-0.2, 0) is 24.8 Å². The molecule has 0 amide bonds. The lowest BCUT2D eigenvalue weighted by Crippen LogP contribution is -2.11. The van der Waals surface area contributed by atoms with Crippen LogP contribution in [0, 0.1) is 0 Å². The molecule has 130 valence electrons. The number of hydrogen-bond donors (Lipinski definition) is 2. The van der Waals surface area contributed by atoms with E-state index in [9.17, 15) is 0 Å². The number of thiophene rings is 1. The van der Waals surface area contributed by atoms with Gasteiger partial charge in [0, 0.05) is 16.6 Å². The highest BCUT2D eigenvalue weighted by Crippen LogP contribution is 2.45. The topological polar surface area (TPSA) is 69.9 Å². The quantitative estimate of drug-likeness (QED) is 0.725. The molecule has 0 spiro atoms. The number of benzene rings is 1. The Labute approximate surface area is 152 Å². The zero-order chi connectivity index (χ0) is 17.8. The van der Waals surface area contributed by atoms with Gasteiger partial charge in [0.05, 0.1) is 17.9 Å². The molecule has 0 radical (unpaired) electrons. The summed E-state index contributed by atoms with van der Waals surface area (Å²) in [6, 6.07) is 8.84. The average molecular weight is 353 g/mol. The number of nitrogens with zero attached hydrogens (tertiary/aromatic N) is 2. The number of nitrogen functional groups attached to an aromatic ring is 2. The zero-order valence-corrected chi connectivity index (χ0v) is 15.8. The molecule has 1 aromatic carbocycles. The first kappa shape index (κ1) is 16.2. The lowest BCUT2D eigenvalue weighted by molar-refractivity contribution is 0.589. The van der Waals surface area contributed by atoms with Crippen molar-refractivity contribution in [2.45, 2.75) is 45.6 Å². The van der Waals surface area contributed by atoms with Crippen LogP contribution in [0.3, 0.4) is 0 Å². The van der Waals surface area contributed by atoms with E-state index in [1.165, 1.54) is 27.1 Å². The van der Waals surface area contributed by atoms with Crippen molar-refractivity contribution in [1.82, 2.24) is 9.78 Å². The van der Waals surface area contributed by atoms with Crippen molar-refractivity contribution in [3.8, 4) is 10.4 Å². The molecule has 25 heavy (non-hydrogen) atoms. The summed E-state index contributed by atoms with van der Waals surface area (Å²) in [5.74, 6) is 0. The number of aromatic nitrogens is 2. The van der Waals surface area contributed by atoms with E-state index in [1.807, 2.05) is 4.68 Å². The van der Waals surface area contributed by atoms with E-state index < -0.39 is 0 Å². The lowest BCUT2D eigenvalue weighted by atomic mass is 9.87. The Bertz CT molecular complexity index is 926. The van der Waals surface area contributed by atoms with Crippen LogP contribution in [0.4, 0.5) is 10.7 Å². The normalized spacial score (nSPS) is 13.6. The minimum absolute atomic E-state index is 0.179. The highest BCUT2D eigenvalue weighted by atomic mass is 32.1. The SMILES string of the molecule is CC(C)(C)c1ccc(Cn2cc3c(n2)CCc2c-3sc(N)c2N)cc1. The molecule has 3 aromatic rings. The van der Waals surface area contributed by atoms with Crippen molar-refractivity contribution < 1.29 is 0 Å². The maximum Gasteiger partial charge on any atom is 0.110 e. The summed E-state index contributed by atoms with van der Waals surface area (Å²) in [5, 5.41) is 5.52. The molecule has 4 N–H and O–H groups in total. The first-order valence-electron chi connectivity index (χ1n) is 8.65. The third kappa shape index (κ3) is 2.82. The standard InChI is InChI=1S/C20H24N4S/c1-20(2,3)13-6-4-12(5-7-13)10-24-11-15-16(23-24)9-8-14-17(21)19(22)25-18(14)15/h4-7,11H,8-10,21-22H2,1-3H3. The molecule has 0 saturated carbocycles. The van der Waals surface area contributed by atoms with Gasteiger partial charge >= 0.3 is 0 Å². The largest absolute Gasteiger partial charge is 0.396 e. The molecule has 4 nitrogen and oxygen atoms in total. The van der Waals surface area contributed by atoms with Gasteiger partial charge in [-0.15, -0.1) is 11.3 Å². The van der Waals surface area contributed by atoms with Gasteiger partial charge in [-0.25, -0.2) is 0 Å². The van der Waals surface area contributed by atoms with Gasteiger partial charge < -0.3 is 11.5 Å². The number of rotatable bonds is 2. The number of nitrogens with two attached hydrogens (primary N) is 2. The second-order valence-electron chi connectivity index (χ2n) is 7.82. The fourth-order valence-electron chi connectivity index (χ4n) is 3.42. The highest BCUT2D eigenvalue weighted by molar-refractivity contribution is 7.20. The van der Waals surface area contributed by atoms with E-state index >= 15 is 0 Å². The Balaban J connectivity index is 1.62. The van der Waals surface area contributed by atoms with Crippen molar-refractivity contribution in [2.75, 3.05) is 11.5 Å². The first-order chi connectivity index (χ1) is 11.8. The average Bonchev–Trinajstić information content (AvgIpc) is 3.08. The predicted octanol–water partition coefficient (Wildman–Crippen LogP) is 4.22. The van der Waals surface area contributed by atoms with Crippen LogP contribution >= 0.6 is 11.3 Å². The fourth-order valence-corrected chi connectivity index (χ4v) is 4.49. The van der Waals surface area contributed by atoms with E-state index in [2.05, 4.69) is 51.2 Å². The summed E-state index contributed by atoms with van der Waals surface area (Å²) >= 11 is 1.58. The molecule has 5 heteroatoms. The molecule has 1 aliphatic rings. The van der Waals surface area contributed by atoms with Gasteiger partial charge in [-0.05, 0) is 34.9 Å². The van der Waals surface area contributed by atoms with Gasteiger partial charge in [-0.2, -0.15) is 5.10 Å². The summed E-state index contributed by atoms with van der Waals surface area (Å²) in [5.41, 5.74) is 19.2. The second-order valence-corrected chi connectivity index (χ2v) is 8.87. The molecule has 0 unspecified atom stereocenters. The van der Waals surface area contributed by atoms with E-state index in [0.717, 1.165) is 35.8 Å². The van der Waals surface area contributed by atoms with Crippen LogP contribution in [0.1, 0.15) is 43.2 Å². The maximum atomic E-state index is 6.12. The lowest BCUT2D eigenvalue weighted by Gasteiger charge is -2.19. The molecule has 1 aliphatic carbocycles. The Kier molecular flexibility index (Phi) is 3.65. The number of hydrogen-bond acceptors (Lipinski definition) is 4. The minimum Gasteiger partial charge on any atom is -0.396 e. The van der Waals surface area contributed by atoms with E-state index in [-0.39, 0.29) is 5.41 Å². The predicted molar refractivity (Wildman–Crippen MR) is 106 cm³/mol. The molecule has 0 aliphatic heterocycles. The van der Waals surface area contributed by atoms with Crippen LogP contribution in [0.5, 0.6) is 0 Å². The highest BCUT2D eigenvalue weighted by Gasteiger charge is 2.25. The summed E-state index contributed by atoms with van der Waals surface area (Å²) < 4.78 is 2.04. The van der Waals surface area contributed by atoms with Gasteiger partial charge in [0.15, 0.2) is 0 Å². The van der Waals surface area contributed by atoms with Crippen molar-refractivity contribution in [3.63, 3.8) is 0 Å². The Morgan fingerprint density at radius 1 is 1.12 bits per heavy atom. The molecule has 0 bridgehead atoms. The maximum absolute atomic E-state index is 6.12. The van der Waals surface area contributed by atoms with Crippen molar-refractivity contribution in [3.05, 3.63) is 52.8 Å². The van der Waals surface area contributed by atoms with Crippen LogP contribution in [0.2, 0.25) is 0 Å². The Morgan fingerprint density at radius 3 is 2.52 bits per heavy atom. The zero-order valence-electron chi connectivity index (χ0n) is 15.0. The van der Waals surface area contributed by atoms with Crippen LogP contribution in [-0.4, -0.2) is 9.78 Å². The van der Waals surface area contributed by atoms with Gasteiger partial charge in [0.2, 0.25) is 0 Å². The van der Waals surface area contributed by atoms with Gasteiger partial charge in [0.1, 0.15) is 5.00 Å². The molecule has 4 rings (SSSR count). The first-order valence-corrected chi connectivity index (χ1v) is 9.47. The summed E-state index contributed by atoms with van der Waals surface area (Å²) in [7, 11) is 0. The van der Waals surface area contributed by atoms with Crippen molar-refractivity contribution >= 4 is 22.0 Å². The van der Waals surface area contributed by atoms with E-state index in [1.54, 1.807) is 11.3 Å². The van der Waals surface area contributed by atoms with Crippen LogP contribution in [0.25, 0.3) is 10.4 Å². The number of fused-ring (bicyclic) bond motifs is 3. The van der Waals surface area contributed by atoms with E-state index in [0.29, 0.717) is 0 Å². The molecule has 0 saturated heterocycles. The molecule has 0 atom stereocenters. The van der Waals surface area contributed by atoms with Gasteiger partial charge in [0.25, 0.3) is 0 Å². The fraction of sp³-hybridized carbons (Fsp3) is 0.350. The minimum atomic E-state index is 0.179. The summed E-state index contributed by atoms with van der Waals surface area (Å²) in [6.07, 6.45) is 4.00. The molecule has 0 fully saturated rings. The third-order valence-corrected chi connectivity index (χ3v) is 6.05. The van der Waals surface area contributed by atoms with Crippen LogP contribution in [0.15, 0.2) is 30.5 Å². The summed E-state index contributed by atoms with van der Waals surface area (Å²) in [4.78, 5) is 1.20. The number of aryl methyl sites for hydroxylation is 1. The van der Waals surface area contributed by atoms with Crippen molar-refractivity contribution in [2.24, 2.45) is 0 Å². The smallest absolute Gasteiger partial charge is 0.110 e. The molecule has 2 aromatic heterocycles. The monoisotopic (exact) mass is 352 g/mol. The van der Waals surface area contributed by atoms with Crippen molar-refractivity contribution in [1.29, 1.82) is 0 Å². The van der Waals surface area contributed by atoms with Gasteiger partial charge in [-0.3, -0.25) is 4.68 Å². The molecular formula is C20H24N4S. The molecule has 2 heterocycles. The third-order valence-electron chi connectivity index (χ3n) is 4.94.